The van der Waals surface area contributed by atoms with E-state index in [0.29, 0.717) is 10.6 Å². The Balaban J connectivity index is 1.63. The number of hydrogen-bond acceptors (Lipinski definition) is 5. The van der Waals surface area contributed by atoms with Gasteiger partial charge >= 0.3 is 5.97 Å². The number of nitrogens with zero attached hydrogens (tertiary/aromatic N) is 2. The highest BCUT2D eigenvalue weighted by Gasteiger charge is 2.26. The molecular formula is C20H24N2O3S. The lowest BCUT2D eigenvalue weighted by molar-refractivity contribution is -0.138. The molecule has 1 aromatic carbocycles. The Morgan fingerprint density at radius 3 is 2.77 bits per heavy atom. The van der Waals surface area contributed by atoms with E-state index in [0.717, 1.165) is 42.8 Å². The molecule has 0 unspecified atom stereocenters. The lowest BCUT2D eigenvalue weighted by Gasteiger charge is -2.35. The Hall–Kier alpha value is -2.21. The van der Waals surface area contributed by atoms with Crippen molar-refractivity contribution in [2.75, 3.05) is 13.2 Å². The highest BCUT2D eigenvalue weighted by Crippen LogP contribution is 2.28. The Morgan fingerprint density at radius 2 is 2.04 bits per heavy atom. The lowest BCUT2D eigenvalue weighted by Crippen LogP contribution is -2.45. The third-order valence-corrected chi connectivity index (χ3v) is 5.93. The molecule has 1 aliphatic heterocycles. The molecule has 1 aromatic heterocycles. The van der Waals surface area contributed by atoms with Crippen LogP contribution in [0.2, 0.25) is 0 Å². The smallest absolute Gasteiger partial charge is 0.350 e. The minimum absolute atomic E-state index is 0.102. The number of ether oxygens (including phenoxy) is 1. The summed E-state index contributed by atoms with van der Waals surface area (Å²) in [6.07, 6.45) is 4.15. The van der Waals surface area contributed by atoms with Gasteiger partial charge in [-0.2, -0.15) is 0 Å². The Bertz CT molecular complexity index is 773. The molecule has 2 heterocycles. The van der Waals surface area contributed by atoms with E-state index in [-0.39, 0.29) is 18.6 Å². The van der Waals surface area contributed by atoms with E-state index in [2.05, 4.69) is 11.9 Å². The predicted octanol–water partition coefficient (Wildman–Crippen LogP) is 4.07. The molecule has 26 heavy (non-hydrogen) atoms. The van der Waals surface area contributed by atoms with Crippen molar-refractivity contribution in [3.8, 4) is 10.6 Å². The summed E-state index contributed by atoms with van der Waals surface area (Å²) in [5.74, 6) is -0.573. The minimum Gasteiger partial charge on any atom is -0.451 e. The number of likely N-dealkylation sites (tertiary alicyclic amines) is 1. The number of rotatable bonds is 5. The molecule has 0 bridgehead atoms. The zero-order valence-corrected chi connectivity index (χ0v) is 16.1. The largest absolute Gasteiger partial charge is 0.451 e. The van der Waals surface area contributed by atoms with Crippen LogP contribution in [0.5, 0.6) is 0 Å². The normalized spacial score (nSPS) is 17.2. The molecular weight excluding hydrogens is 348 g/mol. The van der Waals surface area contributed by atoms with Crippen molar-refractivity contribution < 1.29 is 14.3 Å². The predicted molar refractivity (Wildman–Crippen MR) is 102 cm³/mol. The average Bonchev–Trinajstić information content (AvgIpc) is 3.08. The van der Waals surface area contributed by atoms with Gasteiger partial charge in [0.25, 0.3) is 5.91 Å². The van der Waals surface area contributed by atoms with Gasteiger partial charge in [0.1, 0.15) is 9.88 Å². The molecule has 3 rings (SSSR count). The maximum Gasteiger partial charge on any atom is 0.350 e. The van der Waals surface area contributed by atoms with Gasteiger partial charge in [0.05, 0.1) is 5.69 Å². The van der Waals surface area contributed by atoms with Gasteiger partial charge in [0.15, 0.2) is 6.61 Å². The van der Waals surface area contributed by atoms with Crippen LogP contribution >= 0.6 is 11.3 Å². The van der Waals surface area contributed by atoms with E-state index in [1.165, 1.54) is 11.3 Å². The Morgan fingerprint density at radius 1 is 1.27 bits per heavy atom. The number of hydrogen-bond donors (Lipinski definition) is 0. The molecule has 0 radical (unpaired) electrons. The molecule has 0 aliphatic carbocycles. The summed E-state index contributed by atoms with van der Waals surface area (Å²) in [6, 6.07) is 9.99. The van der Waals surface area contributed by atoms with Gasteiger partial charge < -0.3 is 9.64 Å². The molecule has 0 N–H and O–H groups in total. The van der Waals surface area contributed by atoms with E-state index in [1.54, 1.807) is 6.92 Å². The third kappa shape index (κ3) is 4.12. The van der Waals surface area contributed by atoms with Crippen molar-refractivity contribution in [1.82, 2.24) is 9.88 Å². The van der Waals surface area contributed by atoms with Crippen LogP contribution in [0.25, 0.3) is 10.6 Å². The summed E-state index contributed by atoms with van der Waals surface area (Å²) in [4.78, 5) is 31.7. The van der Waals surface area contributed by atoms with Crippen LogP contribution in [0.15, 0.2) is 30.3 Å². The molecule has 1 amide bonds. The summed E-state index contributed by atoms with van der Waals surface area (Å²) < 4.78 is 5.31. The number of thiazole rings is 1. The third-order valence-electron chi connectivity index (χ3n) is 4.75. The van der Waals surface area contributed by atoms with Gasteiger partial charge in [-0.05, 0) is 32.6 Å². The van der Waals surface area contributed by atoms with E-state index in [9.17, 15) is 9.59 Å². The molecule has 1 saturated heterocycles. The van der Waals surface area contributed by atoms with E-state index < -0.39 is 5.97 Å². The van der Waals surface area contributed by atoms with Crippen molar-refractivity contribution in [1.29, 1.82) is 0 Å². The van der Waals surface area contributed by atoms with E-state index >= 15 is 0 Å². The quantitative estimate of drug-likeness (QED) is 0.743. The monoisotopic (exact) mass is 372 g/mol. The number of piperidine rings is 1. The number of aromatic nitrogens is 1. The first-order valence-corrected chi connectivity index (χ1v) is 9.91. The van der Waals surface area contributed by atoms with Gasteiger partial charge in [-0.1, -0.05) is 37.3 Å². The number of benzene rings is 1. The summed E-state index contributed by atoms with van der Waals surface area (Å²) >= 11 is 1.30. The highest BCUT2D eigenvalue weighted by atomic mass is 32.1. The maximum atomic E-state index is 12.5. The van der Waals surface area contributed by atoms with Crippen LogP contribution in [0.1, 0.15) is 48.0 Å². The van der Waals surface area contributed by atoms with Gasteiger partial charge in [0, 0.05) is 18.2 Å². The number of amides is 1. The van der Waals surface area contributed by atoms with E-state index in [4.69, 9.17) is 4.74 Å². The van der Waals surface area contributed by atoms with Gasteiger partial charge in [0.2, 0.25) is 0 Å². The summed E-state index contributed by atoms with van der Waals surface area (Å²) in [6.45, 7) is 4.44. The topological polar surface area (TPSA) is 59.5 Å². The number of carbonyl (C=O) groups excluding carboxylic acids is 2. The van der Waals surface area contributed by atoms with Crippen molar-refractivity contribution in [2.45, 2.75) is 45.6 Å². The molecule has 0 saturated carbocycles. The van der Waals surface area contributed by atoms with Crippen molar-refractivity contribution in [3.05, 3.63) is 40.9 Å². The average molecular weight is 372 g/mol. The second kappa shape index (κ2) is 8.45. The van der Waals surface area contributed by atoms with Crippen LogP contribution in [0.3, 0.4) is 0 Å². The molecule has 1 atom stereocenters. The van der Waals surface area contributed by atoms with Gasteiger partial charge in [-0.3, -0.25) is 4.79 Å². The fourth-order valence-electron chi connectivity index (χ4n) is 3.32. The van der Waals surface area contributed by atoms with Gasteiger partial charge in [-0.25, -0.2) is 9.78 Å². The van der Waals surface area contributed by atoms with Crippen LogP contribution in [0.4, 0.5) is 0 Å². The second-order valence-electron chi connectivity index (χ2n) is 6.52. The Labute approximate surface area is 158 Å². The first-order chi connectivity index (χ1) is 12.6. The molecule has 2 aromatic rings. The molecule has 0 spiro atoms. The summed E-state index contributed by atoms with van der Waals surface area (Å²) in [5, 5.41) is 0.781. The first kappa shape index (κ1) is 18.6. The van der Waals surface area contributed by atoms with Crippen LogP contribution in [-0.4, -0.2) is 41.0 Å². The SMILES string of the molecule is CC[C@@H]1CCCCN1C(=O)COC(=O)c1sc(-c2ccccc2)nc1C. The van der Waals surface area contributed by atoms with Crippen molar-refractivity contribution in [2.24, 2.45) is 0 Å². The first-order valence-electron chi connectivity index (χ1n) is 9.09. The van der Waals surface area contributed by atoms with Crippen molar-refractivity contribution >= 4 is 23.2 Å². The summed E-state index contributed by atoms with van der Waals surface area (Å²) in [7, 11) is 0. The molecule has 5 nitrogen and oxygen atoms in total. The van der Waals surface area contributed by atoms with Crippen LogP contribution < -0.4 is 0 Å². The zero-order chi connectivity index (χ0) is 18.5. The molecule has 1 fully saturated rings. The second-order valence-corrected chi connectivity index (χ2v) is 7.52. The molecule has 6 heteroatoms. The standard InChI is InChI=1S/C20H24N2O3S/c1-3-16-11-7-8-12-22(16)17(23)13-25-20(24)18-14(2)21-19(26-18)15-9-5-4-6-10-15/h4-6,9-10,16H,3,7-8,11-13H2,1-2H3/t16-/m1/s1. The minimum atomic E-state index is -0.472. The van der Waals surface area contributed by atoms with Crippen molar-refractivity contribution in [3.63, 3.8) is 0 Å². The lowest BCUT2D eigenvalue weighted by atomic mass is 10.00. The Kier molecular flexibility index (Phi) is 6.04. The number of carbonyl (C=O) groups is 2. The zero-order valence-electron chi connectivity index (χ0n) is 15.2. The van der Waals surface area contributed by atoms with Crippen LogP contribution in [0, 0.1) is 6.92 Å². The van der Waals surface area contributed by atoms with Crippen LogP contribution in [-0.2, 0) is 9.53 Å². The summed E-state index contributed by atoms with van der Waals surface area (Å²) in [5.41, 5.74) is 1.60. The molecule has 138 valence electrons. The number of esters is 1. The maximum absolute atomic E-state index is 12.5. The van der Waals surface area contributed by atoms with E-state index in [1.807, 2.05) is 35.2 Å². The number of aryl methyl sites for hydroxylation is 1. The fraction of sp³-hybridized carbons (Fsp3) is 0.450. The fourth-order valence-corrected chi connectivity index (χ4v) is 4.28. The van der Waals surface area contributed by atoms with Gasteiger partial charge in [-0.15, -0.1) is 11.3 Å². The molecule has 1 aliphatic rings. The highest BCUT2D eigenvalue weighted by molar-refractivity contribution is 7.17.